The van der Waals surface area contributed by atoms with Gasteiger partial charge in [0.25, 0.3) is 5.91 Å². The van der Waals surface area contributed by atoms with Gasteiger partial charge in [-0.25, -0.2) is 0 Å². The quantitative estimate of drug-likeness (QED) is 0.590. The number of hydrogen-bond acceptors (Lipinski definition) is 6. The SMILES string of the molecule is CC(C)CN(Cc1ccc(C#N)cc1)C1CCN(C(=O)c2cccnc2)[C@@H](C(=O)NCCN)C1. The van der Waals surface area contributed by atoms with Crippen molar-refractivity contribution in [3.8, 4) is 6.07 Å². The number of carbonyl (C=O) groups is 2. The highest BCUT2D eigenvalue weighted by Gasteiger charge is 2.38. The van der Waals surface area contributed by atoms with Crippen molar-refractivity contribution in [3.05, 3.63) is 65.5 Å². The second-order valence-corrected chi connectivity index (χ2v) is 9.15. The highest BCUT2D eigenvalue weighted by atomic mass is 16.2. The second-order valence-electron chi connectivity index (χ2n) is 9.15. The van der Waals surface area contributed by atoms with Crippen molar-refractivity contribution in [2.75, 3.05) is 26.2 Å². The summed E-state index contributed by atoms with van der Waals surface area (Å²) in [5, 5.41) is 12.0. The minimum Gasteiger partial charge on any atom is -0.353 e. The predicted octanol–water partition coefficient (Wildman–Crippen LogP) is 2.16. The molecule has 1 fully saturated rings. The lowest BCUT2D eigenvalue weighted by Crippen LogP contribution is -2.57. The molecule has 1 saturated heterocycles. The van der Waals surface area contributed by atoms with Gasteiger partial charge in [-0.05, 0) is 48.6 Å². The minimum atomic E-state index is -0.575. The smallest absolute Gasteiger partial charge is 0.256 e. The molecule has 2 amide bonds. The van der Waals surface area contributed by atoms with E-state index in [1.54, 1.807) is 29.4 Å². The fraction of sp³-hybridized carbons (Fsp3) is 0.462. The maximum Gasteiger partial charge on any atom is 0.256 e. The van der Waals surface area contributed by atoms with Gasteiger partial charge in [0.1, 0.15) is 6.04 Å². The number of carbonyl (C=O) groups excluding carboxylic acids is 2. The minimum absolute atomic E-state index is 0.143. The van der Waals surface area contributed by atoms with Crippen LogP contribution in [0, 0.1) is 17.2 Å². The number of amides is 2. The molecule has 0 radical (unpaired) electrons. The van der Waals surface area contributed by atoms with Crippen LogP contribution >= 0.6 is 0 Å². The molecule has 0 spiro atoms. The van der Waals surface area contributed by atoms with Gasteiger partial charge in [0.05, 0.1) is 17.2 Å². The summed E-state index contributed by atoms with van der Waals surface area (Å²) in [6.07, 6.45) is 4.49. The van der Waals surface area contributed by atoms with E-state index >= 15 is 0 Å². The van der Waals surface area contributed by atoms with Crippen LogP contribution in [0.15, 0.2) is 48.8 Å². The summed E-state index contributed by atoms with van der Waals surface area (Å²) in [6, 6.07) is 12.8. The molecule has 180 valence electrons. The summed E-state index contributed by atoms with van der Waals surface area (Å²) >= 11 is 0. The van der Waals surface area contributed by atoms with E-state index in [1.807, 2.05) is 24.3 Å². The molecule has 3 N–H and O–H groups in total. The molecule has 2 atom stereocenters. The Labute approximate surface area is 201 Å². The van der Waals surface area contributed by atoms with Gasteiger partial charge in [-0.15, -0.1) is 0 Å². The highest BCUT2D eigenvalue weighted by molar-refractivity contribution is 5.97. The number of hydrogen-bond donors (Lipinski definition) is 2. The number of aromatic nitrogens is 1. The Kier molecular flexibility index (Phi) is 9.14. The lowest BCUT2D eigenvalue weighted by atomic mass is 9.93. The van der Waals surface area contributed by atoms with Crippen LogP contribution in [0.5, 0.6) is 0 Å². The van der Waals surface area contributed by atoms with Gasteiger partial charge in [0.2, 0.25) is 5.91 Å². The Morgan fingerprint density at radius 3 is 2.68 bits per heavy atom. The molecule has 1 unspecified atom stereocenters. The van der Waals surface area contributed by atoms with Crippen LogP contribution in [0.4, 0.5) is 0 Å². The third-order valence-electron chi connectivity index (χ3n) is 6.08. The number of nitrogens with zero attached hydrogens (tertiary/aromatic N) is 4. The molecule has 1 aliphatic rings. The Morgan fingerprint density at radius 1 is 1.29 bits per heavy atom. The van der Waals surface area contributed by atoms with Gasteiger partial charge in [0.15, 0.2) is 0 Å². The summed E-state index contributed by atoms with van der Waals surface area (Å²) in [5.74, 6) is 0.0927. The molecule has 1 aliphatic heterocycles. The van der Waals surface area contributed by atoms with Gasteiger partial charge in [0, 0.05) is 51.2 Å². The van der Waals surface area contributed by atoms with E-state index in [9.17, 15) is 9.59 Å². The molecule has 0 saturated carbocycles. The zero-order valence-electron chi connectivity index (χ0n) is 20.0. The Balaban J connectivity index is 1.81. The summed E-state index contributed by atoms with van der Waals surface area (Å²) in [4.78, 5) is 34.5. The van der Waals surface area contributed by atoms with Gasteiger partial charge >= 0.3 is 0 Å². The molecule has 0 aliphatic carbocycles. The highest BCUT2D eigenvalue weighted by Crippen LogP contribution is 2.26. The Morgan fingerprint density at radius 2 is 2.06 bits per heavy atom. The summed E-state index contributed by atoms with van der Waals surface area (Å²) in [5.41, 5.74) is 7.84. The van der Waals surface area contributed by atoms with Crippen LogP contribution in [0.3, 0.4) is 0 Å². The average Bonchev–Trinajstić information content (AvgIpc) is 2.86. The first-order valence-corrected chi connectivity index (χ1v) is 11.8. The van der Waals surface area contributed by atoms with Crippen LogP contribution in [-0.2, 0) is 11.3 Å². The Hall–Kier alpha value is -3.28. The predicted molar refractivity (Wildman–Crippen MR) is 131 cm³/mol. The third-order valence-corrected chi connectivity index (χ3v) is 6.08. The van der Waals surface area contributed by atoms with Crippen LogP contribution in [0.1, 0.15) is 48.2 Å². The molecule has 8 heteroatoms. The van der Waals surface area contributed by atoms with Crippen molar-refractivity contribution in [2.45, 2.75) is 45.3 Å². The fourth-order valence-electron chi connectivity index (χ4n) is 4.47. The number of nitrogens with one attached hydrogen (secondary N) is 1. The molecular weight excluding hydrogens is 428 g/mol. The third kappa shape index (κ3) is 6.62. The summed E-state index contributed by atoms with van der Waals surface area (Å²) < 4.78 is 0. The largest absolute Gasteiger partial charge is 0.353 e. The monoisotopic (exact) mass is 462 g/mol. The van der Waals surface area contributed by atoms with Crippen molar-refractivity contribution >= 4 is 11.8 Å². The van der Waals surface area contributed by atoms with Gasteiger partial charge in [-0.2, -0.15) is 5.26 Å². The first-order valence-electron chi connectivity index (χ1n) is 11.8. The number of rotatable bonds is 9. The number of pyridine rings is 1. The molecule has 0 bridgehead atoms. The van der Waals surface area contributed by atoms with Crippen LogP contribution < -0.4 is 11.1 Å². The molecule has 8 nitrogen and oxygen atoms in total. The number of likely N-dealkylation sites (tertiary alicyclic amines) is 1. The van der Waals surface area contributed by atoms with Crippen molar-refractivity contribution in [3.63, 3.8) is 0 Å². The van der Waals surface area contributed by atoms with Gasteiger partial charge < -0.3 is 16.0 Å². The van der Waals surface area contributed by atoms with E-state index in [4.69, 9.17) is 11.0 Å². The standard InChI is InChI=1S/C26H34N6O2/c1-19(2)17-31(18-21-7-5-20(15-28)6-8-21)23-9-13-32(24(14-23)25(33)30-12-10-27)26(34)22-4-3-11-29-16-22/h3-8,11,16,19,23-24H,9-10,12-14,17-18,27H2,1-2H3,(H,30,33)/t23?,24-/m1/s1. The maximum absolute atomic E-state index is 13.2. The van der Waals surface area contributed by atoms with Crippen molar-refractivity contribution in [1.82, 2.24) is 20.1 Å². The van der Waals surface area contributed by atoms with Crippen molar-refractivity contribution in [2.24, 2.45) is 11.7 Å². The zero-order chi connectivity index (χ0) is 24.5. The molecule has 3 rings (SSSR count). The lowest BCUT2D eigenvalue weighted by molar-refractivity contribution is -0.127. The molecular formula is C26H34N6O2. The topological polar surface area (TPSA) is 115 Å². The number of nitriles is 1. The van der Waals surface area contributed by atoms with Crippen molar-refractivity contribution < 1.29 is 9.59 Å². The number of benzene rings is 1. The van der Waals surface area contributed by atoms with E-state index in [0.717, 1.165) is 25.1 Å². The van der Waals surface area contributed by atoms with E-state index < -0.39 is 6.04 Å². The summed E-state index contributed by atoms with van der Waals surface area (Å²) in [7, 11) is 0. The molecule has 1 aromatic carbocycles. The Bertz CT molecular complexity index is 987. The van der Waals surface area contributed by atoms with E-state index in [0.29, 0.717) is 43.1 Å². The van der Waals surface area contributed by atoms with Crippen LogP contribution in [0.25, 0.3) is 0 Å². The van der Waals surface area contributed by atoms with E-state index in [2.05, 4.69) is 35.1 Å². The molecule has 1 aromatic heterocycles. The van der Waals surface area contributed by atoms with Crippen molar-refractivity contribution in [1.29, 1.82) is 5.26 Å². The van der Waals surface area contributed by atoms with Gasteiger partial charge in [-0.3, -0.25) is 19.5 Å². The fourth-order valence-corrected chi connectivity index (χ4v) is 4.47. The summed E-state index contributed by atoms with van der Waals surface area (Å²) in [6.45, 7) is 7.16. The molecule has 2 aromatic rings. The first-order chi connectivity index (χ1) is 16.4. The number of nitrogens with two attached hydrogens (primary N) is 1. The normalized spacial score (nSPS) is 18.1. The van der Waals surface area contributed by atoms with Crippen LogP contribution in [0.2, 0.25) is 0 Å². The second kappa shape index (κ2) is 12.3. The first kappa shape index (κ1) is 25.3. The lowest BCUT2D eigenvalue weighted by Gasteiger charge is -2.43. The molecule has 34 heavy (non-hydrogen) atoms. The average molecular weight is 463 g/mol. The van der Waals surface area contributed by atoms with Gasteiger partial charge in [-0.1, -0.05) is 26.0 Å². The zero-order valence-corrected chi connectivity index (χ0v) is 20.0. The maximum atomic E-state index is 13.2. The van der Waals surface area contributed by atoms with Crippen LogP contribution in [-0.4, -0.2) is 64.9 Å². The van der Waals surface area contributed by atoms with E-state index in [-0.39, 0.29) is 17.9 Å². The molecule has 2 heterocycles. The van der Waals surface area contributed by atoms with E-state index in [1.165, 1.54) is 0 Å². The number of piperidine rings is 1.